The van der Waals surface area contributed by atoms with Gasteiger partial charge in [-0.25, -0.2) is 0 Å². The molecule has 1 saturated carbocycles. The molecular weight excluding hydrogens is 190 g/mol. The first-order valence-electron chi connectivity index (χ1n) is 6.32. The van der Waals surface area contributed by atoms with Gasteiger partial charge in [-0.2, -0.15) is 0 Å². The summed E-state index contributed by atoms with van der Waals surface area (Å²) >= 11 is 0. The Morgan fingerprint density at radius 3 is 2.73 bits per heavy atom. The number of aliphatic hydroxyl groups excluding tert-OH is 1. The zero-order valence-corrected chi connectivity index (χ0v) is 9.58. The van der Waals surface area contributed by atoms with Crippen LogP contribution >= 0.6 is 0 Å². The number of ether oxygens (including phenoxy) is 1. The van der Waals surface area contributed by atoms with Crippen LogP contribution in [0.5, 0.6) is 0 Å². The second-order valence-electron chi connectivity index (χ2n) is 4.95. The zero-order valence-electron chi connectivity index (χ0n) is 9.58. The van der Waals surface area contributed by atoms with Crippen molar-refractivity contribution in [2.24, 2.45) is 0 Å². The Balaban J connectivity index is 1.64. The molecule has 3 nitrogen and oxygen atoms in total. The van der Waals surface area contributed by atoms with Crippen LogP contribution in [0.25, 0.3) is 0 Å². The molecule has 1 aliphatic heterocycles. The van der Waals surface area contributed by atoms with E-state index in [2.05, 4.69) is 4.90 Å². The largest absolute Gasteiger partial charge is 0.396 e. The predicted octanol–water partition coefficient (Wildman–Crippen LogP) is 1.40. The van der Waals surface area contributed by atoms with E-state index < -0.39 is 0 Å². The summed E-state index contributed by atoms with van der Waals surface area (Å²) in [6.07, 6.45) is 7.20. The number of hydrogen-bond donors (Lipinski definition) is 1. The van der Waals surface area contributed by atoms with Crippen molar-refractivity contribution in [3.63, 3.8) is 0 Å². The van der Waals surface area contributed by atoms with E-state index in [4.69, 9.17) is 9.84 Å². The van der Waals surface area contributed by atoms with Crippen LogP contribution in [-0.4, -0.2) is 48.5 Å². The summed E-state index contributed by atoms with van der Waals surface area (Å²) in [6.45, 7) is 4.69. The molecule has 0 aromatic carbocycles. The van der Waals surface area contributed by atoms with Gasteiger partial charge in [0.1, 0.15) is 0 Å². The van der Waals surface area contributed by atoms with Crippen LogP contribution in [0.1, 0.15) is 38.5 Å². The van der Waals surface area contributed by atoms with Gasteiger partial charge in [0.25, 0.3) is 0 Å². The Bertz CT molecular complexity index is 192. The second kappa shape index (κ2) is 5.28. The Morgan fingerprint density at radius 2 is 2.07 bits per heavy atom. The highest BCUT2D eigenvalue weighted by Crippen LogP contribution is 2.38. The number of aliphatic hydroxyl groups is 1. The minimum absolute atomic E-state index is 0.245. The Morgan fingerprint density at radius 1 is 1.20 bits per heavy atom. The minimum Gasteiger partial charge on any atom is -0.396 e. The summed E-state index contributed by atoms with van der Waals surface area (Å²) in [6, 6.07) is 0. The predicted molar refractivity (Wildman–Crippen MR) is 59.9 cm³/mol. The second-order valence-corrected chi connectivity index (χ2v) is 4.95. The highest BCUT2D eigenvalue weighted by Gasteiger charge is 2.41. The molecule has 3 heteroatoms. The maximum absolute atomic E-state index is 8.70. The van der Waals surface area contributed by atoms with Gasteiger partial charge in [-0.05, 0) is 45.1 Å². The Kier molecular flexibility index (Phi) is 4.00. The van der Waals surface area contributed by atoms with Gasteiger partial charge in [0.05, 0.1) is 12.2 Å². The molecule has 0 atom stereocenters. The van der Waals surface area contributed by atoms with E-state index in [9.17, 15) is 0 Å². The van der Waals surface area contributed by atoms with Gasteiger partial charge in [-0.3, -0.25) is 4.90 Å². The minimum atomic E-state index is 0.245. The highest BCUT2D eigenvalue weighted by molar-refractivity contribution is 4.94. The first-order chi connectivity index (χ1) is 7.35. The smallest absolute Gasteiger partial charge is 0.0809 e. The molecule has 1 heterocycles. The summed E-state index contributed by atoms with van der Waals surface area (Å²) in [5, 5.41) is 8.70. The fourth-order valence-electron chi connectivity index (χ4n) is 2.61. The number of rotatable bonds is 5. The molecule has 0 aromatic rings. The monoisotopic (exact) mass is 213 g/mol. The molecule has 2 rings (SSSR count). The fraction of sp³-hybridized carbons (Fsp3) is 1.00. The number of hydrogen-bond acceptors (Lipinski definition) is 3. The van der Waals surface area contributed by atoms with Crippen molar-refractivity contribution in [2.45, 2.75) is 44.1 Å². The molecule has 15 heavy (non-hydrogen) atoms. The molecule has 88 valence electrons. The fourth-order valence-corrected chi connectivity index (χ4v) is 2.61. The van der Waals surface area contributed by atoms with E-state index in [0.717, 1.165) is 32.5 Å². The molecule has 0 unspecified atom stereocenters. The molecule has 0 amide bonds. The normalized spacial score (nSPS) is 25.4. The van der Waals surface area contributed by atoms with E-state index in [-0.39, 0.29) is 5.60 Å². The first-order valence-corrected chi connectivity index (χ1v) is 6.32. The van der Waals surface area contributed by atoms with E-state index in [1.165, 1.54) is 32.2 Å². The average Bonchev–Trinajstić information content (AvgIpc) is 2.23. The molecular formula is C12H23NO2. The molecule has 0 bridgehead atoms. The molecule has 2 aliphatic rings. The highest BCUT2D eigenvalue weighted by atomic mass is 16.5. The lowest BCUT2D eigenvalue weighted by Gasteiger charge is -2.48. The summed E-state index contributed by atoms with van der Waals surface area (Å²) in [4.78, 5) is 2.54. The zero-order chi connectivity index (χ0) is 10.6. The van der Waals surface area contributed by atoms with Gasteiger partial charge in [0, 0.05) is 19.7 Å². The van der Waals surface area contributed by atoms with Crippen molar-refractivity contribution in [3.8, 4) is 0 Å². The maximum Gasteiger partial charge on any atom is 0.0809 e. The topological polar surface area (TPSA) is 32.7 Å². The van der Waals surface area contributed by atoms with E-state index >= 15 is 0 Å². The van der Waals surface area contributed by atoms with Crippen LogP contribution < -0.4 is 0 Å². The summed E-state index contributed by atoms with van der Waals surface area (Å²) < 4.78 is 5.88. The lowest BCUT2D eigenvalue weighted by atomic mass is 9.79. The summed E-state index contributed by atoms with van der Waals surface area (Å²) in [5.74, 6) is 0. The number of nitrogens with zero attached hydrogens (tertiary/aromatic N) is 1. The average molecular weight is 213 g/mol. The Labute approximate surface area is 92.4 Å². The van der Waals surface area contributed by atoms with Crippen molar-refractivity contribution in [1.82, 2.24) is 4.90 Å². The first kappa shape index (κ1) is 11.4. The quantitative estimate of drug-likeness (QED) is 0.701. The van der Waals surface area contributed by atoms with Crippen LogP contribution in [0.15, 0.2) is 0 Å². The van der Waals surface area contributed by atoms with Gasteiger partial charge in [0.2, 0.25) is 0 Å². The lowest BCUT2D eigenvalue weighted by molar-refractivity contribution is -0.151. The Hall–Kier alpha value is -0.120. The van der Waals surface area contributed by atoms with Crippen LogP contribution in [0.4, 0.5) is 0 Å². The summed E-state index contributed by atoms with van der Waals surface area (Å²) in [7, 11) is 0. The van der Waals surface area contributed by atoms with E-state index in [1.54, 1.807) is 0 Å². The molecule has 1 saturated heterocycles. The van der Waals surface area contributed by atoms with Crippen LogP contribution in [0.3, 0.4) is 0 Å². The van der Waals surface area contributed by atoms with Gasteiger partial charge < -0.3 is 9.84 Å². The molecule has 2 fully saturated rings. The van der Waals surface area contributed by atoms with Crippen molar-refractivity contribution >= 4 is 0 Å². The van der Waals surface area contributed by atoms with Crippen molar-refractivity contribution in [3.05, 3.63) is 0 Å². The van der Waals surface area contributed by atoms with E-state index in [0.29, 0.717) is 6.61 Å². The third-order valence-electron chi connectivity index (χ3n) is 3.72. The number of unbranched alkanes of at least 4 members (excludes halogenated alkanes) is 2. The SMILES string of the molecule is OCCCCCN1CCOC2(CCC2)C1. The van der Waals surface area contributed by atoms with Gasteiger partial charge >= 0.3 is 0 Å². The van der Waals surface area contributed by atoms with Crippen LogP contribution in [0.2, 0.25) is 0 Å². The molecule has 1 aliphatic carbocycles. The van der Waals surface area contributed by atoms with Crippen molar-refractivity contribution in [2.75, 3.05) is 32.8 Å². The van der Waals surface area contributed by atoms with Gasteiger partial charge in [-0.1, -0.05) is 0 Å². The molecule has 1 spiro atoms. The lowest BCUT2D eigenvalue weighted by Crippen LogP contribution is -2.55. The van der Waals surface area contributed by atoms with Crippen molar-refractivity contribution in [1.29, 1.82) is 0 Å². The van der Waals surface area contributed by atoms with Gasteiger partial charge in [-0.15, -0.1) is 0 Å². The third kappa shape index (κ3) is 2.92. The maximum atomic E-state index is 8.70. The van der Waals surface area contributed by atoms with E-state index in [1.807, 2.05) is 0 Å². The molecule has 1 N–H and O–H groups in total. The standard InChI is InChI=1S/C12H23NO2/c14-9-3-1-2-7-13-8-10-15-12(11-13)5-4-6-12/h14H,1-11H2. The van der Waals surface area contributed by atoms with Crippen LogP contribution in [0, 0.1) is 0 Å². The van der Waals surface area contributed by atoms with Gasteiger partial charge in [0.15, 0.2) is 0 Å². The third-order valence-corrected chi connectivity index (χ3v) is 3.72. The molecule has 0 radical (unpaired) electrons. The number of morpholine rings is 1. The van der Waals surface area contributed by atoms with Crippen LogP contribution in [-0.2, 0) is 4.74 Å². The summed E-state index contributed by atoms with van der Waals surface area (Å²) in [5.41, 5.74) is 0.245. The molecule has 0 aromatic heterocycles. The van der Waals surface area contributed by atoms with Crippen molar-refractivity contribution < 1.29 is 9.84 Å².